The van der Waals surface area contributed by atoms with Crippen LogP contribution < -0.4 is 5.32 Å². The Kier molecular flexibility index (Phi) is 14.6. The van der Waals surface area contributed by atoms with Crippen molar-refractivity contribution in [2.24, 2.45) is 0 Å². The molecule has 4 atom stereocenters. The van der Waals surface area contributed by atoms with Gasteiger partial charge in [0.1, 0.15) is 18.3 Å². The molecule has 5 N–H and O–H groups in total. The second-order valence-corrected chi connectivity index (χ2v) is 7.93. The third-order valence-electron chi connectivity index (χ3n) is 4.33. The number of hydrogen-bond acceptors (Lipinski definition) is 10. The maximum atomic E-state index is 11.9. The molecule has 0 aromatic rings. The van der Waals surface area contributed by atoms with Crippen LogP contribution in [0, 0.1) is 0 Å². The van der Waals surface area contributed by atoms with E-state index < -0.39 is 47.3 Å². The number of unbranched alkanes of at least 4 members (excludes halogenated alkanes) is 2. The quantitative estimate of drug-likeness (QED) is 0.0989. The van der Waals surface area contributed by atoms with E-state index in [2.05, 4.69) is 28.2 Å². The van der Waals surface area contributed by atoms with Crippen LogP contribution in [-0.2, 0) is 19.4 Å². The standard InChI is InChI=1S/C17H36N2O9S/c1-3-5-9-19(10-6-4-2)11-7-8-18-17(24)16(23)15(22)14(21)13(20)12-28-29(25,26)27/h13-16,20-23H,3-12H2,1-2H3,(H,18,24)(H,25,26,27)/p-1/t13-,14-,15+,16-/m1/s1. The van der Waals surface area contributed by atoms with Crippen molar-refractivity contribution in [3.8, 4) is 0 Å². The summed E-state index contributed by atoms with van der Waals surface area (Å²) >= 11 is 0. The zero-order valence-electron chi connectivity index (χ0n) is 17.1. The van der Waals surface area contributed by atoms with Gasteiger partial charge in [0, 0.05) is 6.54 Å². The molecule has 0 saturated carbocycles. The number of aliphatic hydroxyl groups is 4. The second kappa shape index (κ2) is 15.0. The van der Waals surface area contributed by atoms with Gasteiger partial charge < -0.3 is 35.2 Å². The summed E-state index contributed by atoms with van der Waals surface area (Å²) in [5, 5.41) is 41.2. The summed E-state index contributed by atoms with van der Waals surface area (Å²) in [5.41, 5.74) is 0. The lowest BCUT2D eigenvalue weighted by Gasteiger charge is -2.26. The average molecular weight is 444 g/mol. The molecule has 0 heterocycles. The fraction of sp³-hybridized carbons (Fsp3) is 0.941. The van der Waals surface area contributed by atoms with Gasteiger partial charge in [0.05, 0.1) is 6.61 Å². The van der Waals surface area contributed by atoms with Gasteiger partial charge in [-0.2, -0.15) is 0 Å². The van der Waals surface area contributed by atoms with E-state index in [0.29, 0.717) is 6.42 Å². The van der Waals surface area contributed by atoms with Crippen LogP contribution in [0.25, 0.3) is 0 Å². The molecule has 0 aliphatic rings. The summed E-state index contributed by atoms with van der Waals surface area (Å²) < 4.78 is 34.8. The highest BCUT2D eigenvalue weighted by Gasteiger charge is 2.34. The third-order valence-corrected chi connectivity index (χ3v) is 4.75. The number of aliphatic hydroxyl groups excluding tert-OH is 4. The molecule has 0 saturated heterocycles. The van der Waals surface area contributed by atoms with Crippen molar-refractivity contribution in [3.05, 3.63) is 0 Å². The number of nitrogens with one attached hydrogen (secondary N) is 1. The lowest BCUT2D eigenvalue weighted by molar-refractivity contribution is -0.148. The number of carbonyl (C=O) groups is 1. The summed E-state index contributed by atoms with van der Waals surface area (Å²) in [6.07, 6.45) is -3.29. The SMILES string of the molecule is CCCCN(CCCC)CCCNC(=O)[C@H](O)[C@@H](O)[C@H](O)[C@H](O)COS(=O)(=O)[O-]. The van der Waals surface area contributed by atoms with Crippen LogP contribution in [0.5, 0.6) is 0 Å². The average Bonchev–Trinajstić information content (AvgIpc) is 2.68. The number of rotatable bonds is 17. The molecular formula is C17H35N2O9S-. The van der Waals surface area contributed by atoms with E-state index in [9.17, 15) is 38.2 Å². The van der Waals surface area contributed by atoms with E-state index in [1.54, 1.807) is 0 Å². The van der Waals surface area contributed by atoms with Gasteiger partial charge in [-0.05, 0) is 38.9 Å². The van der Waals surface area contributed by atoms with Crippen LogP contribution in [-0.4, -0.2) is 101 Å². The summed E-state index contributed by atoms with van der Waals surface area (Å²) in [6.45, 7) is 6.05. The minimum Gasteiger partial charge on any atom is -0.726 e. The molecule has 0 fully saturated rings. The fourth-order valence-corrected chi connectivity index (χ4v) is 2.84. The van der Waals surface area contributed by atoms with E-state index >= 15 is 0 Å². The van der Waals surface area contributed by atoms with E-state index in [4.69, 9.17) is 0 Å². The molecule has 0 aromatic carbocycles. The Hall–Kier alpha value is -0.860. The van der Waals surface area contributed by atoms with Gasteiger partial charge in [0.2, 0.25) is 10.4 Å². The molecule has 0 aliphatic carbocycles. The Bertz CT molecular complexity index is 539. The van der Waals surface area contributed by atoms with Crippen LogP contribution in [0.1, 0.15) is 46.0 Å². The van der Waals surface area contributed by atoms with Crippen molar-refractivity contribution < 1.29 is 42.4 Å². The lowest BCUT2D eigenvalue weighted by Crippen LogP contribution is -2.52. The van der Waals surface area contributed by atoms with Crippen molar-refractivity contribution in [1.29, 1.82) is 0 Å². The maximum Gasteiger partial charge on any atom is 0.251 e. The van der Waals surface area contributed by atoms with Crippen LogP contribution >= 0.6 is 0 Å². The van der Waals surface area contributed by atoms with E-state index in [1.807, 2.05) is 0 Å². The topological polar surface area (TPSA) is 180 Å². The van der Waals surface area contributed by atoms with Crippen molar-refractivity contribution >= 4 is 16.3 Å². The number of amides is 1. The smallest absolute Gasteiger partial charge is 0.251 e. The minimum absolute atomic E-state index is 0.244. The zero-order valence-corrected chi connectivity index (χ0v) is 17.9. The third kappa shape index (κ3) is 13.1. The summed E-state index contributed by atoms with van der Waals surface area (Å²) in [6, 6.07) is 0. The molecule has 0 radical (unpaired) electrons. The molecule has 0 aromatic heterocycles. The number of nitrogens with zero attached hydrogens (tertiary/aromatic N) is 1. The van der Waals surface area contributed by atoms with Gasteiger partial charge in [-0.15, -0.1) is 0 Å². The first kappa shape index (κ1) is 28.1. The molecule has 0 rings (SSSR count). The predicted octanol–water partition coefficient (Wildman–Crippen LogP) is -1.68. The lowest BCUT2D eigenvalue weighted by atomic mass is 10.0. The summed E-state index contributed by atoms with van der Waals surface area (Å²) in [7, 11) is -5.10. The maximum absolute atomic E-state index is 11.9. The highest BCUT2D eigenvalue weighted by Crippen LogP contribution is 2.07. The molecular weight excluding hydrogens is 408 g/mol. The van der Waals surface area contributed by atoms with E-state index in [0.717, 1.165) is 45.3 Å². The zero-order chi connectivity index (χ0) is 22.4. The highest BCUT2D eigenvalue weighted by atomic mass is 32.3. The molecule has 0 unspecified atom stereocenters. The summed E-state index contributed by atoms with van der Waals surface area (Å²) in [4.78, 5) is 14.2. The van der Waals surface area contributed by atoms with Crippen LogP contribution in [0.15, 0.2) is 0 Å². The van der Waals surface area contributed by atoms with Crippen molar-refractivity contribution in [3.63, 3.8) is 0 Å². The Morgan fingerprint density at radius 2 is 1.52 bits per heavy atom. The minimum atomic E-state index is -5.10. The monoisotopic (exact) mass is 443 g/mol. The van der Waals surface area contributed by atoms with Gasteiger partial charge in [-0.3, -0.25) is 8.98 Å². The Labute approximate surface area is 172 Å². The number of hydrogen-bond donors (Lipinski definition) is 5. The van der Waals surface area contributed by atoms with Gasteiger partial charge in [0.15, 0.2) is 6.10 Å². The first-order valence-corrected chi connectivity index (χ1v) is 11.2. The molecule has 1 amide bonds. The first-order chi connectivity index (χ1) is 13.5. The molecule has 0 aliphatic heterocycles. The summed E-state index contributed by atoms with van der Waals surface area (Å²) in [5.74, 6) is -0.949. The van der Waals surface area contributed by atoms with Crippen LogP contribution in [0.4, 0.5) is 0 Å². The first-order valence-electron chi connectivity index (χ1n) is 9.86. The van der Waals surface area contributed by atoms with Crippen molar-refractivity contribution in [2.45, 2.75) is 70.4 Å². The van der Waals surface area contributed by atoms with Crippen LogP contribution in [0.3, 0.4) is 0 Å². The van der Waals surface area contributed by atoms with Crippen LogP contribution in [0.2, 0.25) is 0 Å². The number of carbonyl (C=O) groups excluding carboxylic acids is 1. The highest BCUT2D eigenvalue weighted by molar-refractivity contribution is 7.80. The molecule has 11 nitrogen and oxygen atoms in total. The van der Waals surface area contributed by atoms with Gasteiger partial charge in [0.25, 0.3) is 5.91 Å². The van der Waals surface area contributed by atoms with E-state index in [1.165, 1.54) is 0 Å². The molecule has 0 spiro atoms. The molecule has 0 bridgehead atoms. The molecule has 174 valence electrons. The Morgan fingerprint density at radius 1 is 1.00 bits per heavy atom. The molecule has 12 heteroatoms. The largest absolute Gasteiger partial charge is 0.726 e. The van der Waals surface area contributed by atoms with Crippen molar-refractivity contribution in [2.75, 3.05) is 32.8 Å². The van der Waals surface area contributed by atoms with Gasteiger partial charge >= 0.3 is 0 Å². The van der Waals surface area contributed by atoms with Crippen molar-refractivity contribution in [1.82, 2.24) is 10.2 Å². The van der Waals surface area contributed by atoms with Gasteiger partial charge in [-0.25, -0.2) is 8.42 Å². The second-order valence-electron chi connectivity index (χ2n) is 6.88. The predicted molar refractivity (Wildman–Crippen MR) is 104 cm³/mol. The Balaban J connectivity index is 4.35. The molecule has 29 heavy (non-hydrogen) atoms. The fourth-order valence-electron chi connectivity index (χ4n) is 2.54. The normalized spacial score (nSPS) is 16.4. The van der Waals surface area contributed by atoms with E-state index in [-0.39, 0.29) is 6.54 Å². The Morgan fingerprint density at radius 3 is 2.00 bits per heavy atom. The van der Waals surface area contributed by atoms with Gasteiger partial charge in [-0.1, -0.05) is 26.7 Å².